The van der Waals surface area contributed by atoms with Crippen LogP contribution in [0.4, 0.5) is 0 Å². The molecule has 0 aliphatic rings. The Hall–Kier alpha value is 0.134. The largest absolute Gasteiger partial charge is 0.414 e. The van der Waals surface area contributed by atoms with Crippen LogP contribution in [-0.2, 0) is 4.43 Å². The fourth-order valence-electron chi connectivity index (χ4n) is 1.17. The van der Waals surface area contributed by atoms with E-state index in [0.717, 1.165) is 0 Å². The lowest BCUT2D eigenvalue weighted by Crippen LogP contribution is -2.58. The molecule has 0 saturated carbocycles. The fourth-order valence-corrected chi connectivity index (χ4v) is 5.06. The third-order valence-corrected chi connectivity index (χ3v) is 13.4. The topological polar surface area (TPSA) is 9.23 Å². The van der Waals surface area contributed by atoms with Gasteiger partial charge in [-0.3, -0.25) is 0 Å². The molecule has 0 bridgehead atoms. The van der Waals surface area contributed by atoms with E-state index in [9.17, 15) is 0 Å². The normalized spacial score (nSPS) is 15.1. The molecule has 0 N–H and O–H groups in total. The lowest BCUT2D eigenvalue weighted by molar-refractivity contribution is 0.165. The molecule has 0 atom stereocenters. The van der Waals surface area contributed by atoms with Gasteiger partial charge in [-0.05, 0) is 32.0 Å². The summed E-state index contributed by atoms with van der Waals surface area (Å²) in [6.07, 6.45) is 0. The van der Waals surface area contributed by atoms with Gasteiger partial charge in [0.25, 0.3) is 0 Å². The molecule has 0 aromatic carbocycles. The van der Waals surface area contributed by atoms with Crippen LogP contribution in [-0.4, -0.2) is 21.6 Å². The molecule has 0 unspecified atom stereocenters. The summed E-state index contributed by atoms with van der Waals surface area (Å²) in [5, 5.41) is 0.244. The van der Waals surface area contributed by atoms with Gasteiger partial charge in [-0.25, -0.2) is 0 Å². The van der Waals surface area contributed by atoms with Gasteiger partial charge in [0.2, 0.25) is 0 Å². The summed E-state index contributed by atoms with van der Waals surface area (Å²) in [6, 6.07) is 0. The van der Waals surface area contributed by atoms with E-state index < -0.39 is 16.4 Å². The first-order valence-electron chi connectivity index (χ1n) is 6.11. The van der Waals surface area contributed by atoms with Crippen molar-refractivity contribution in [2.24, 2.45) is 0 Å². The molecule has 0 rings (SSSR count). The number of hydrogen-bond donors (Lipinski definition) is 0. The molecular formula is C13H30OSi2. The summed E-state index contributed by atoms with van der Waals surface area (Å²) < 4.78 is 6.57. The van der Waals surface area contributed by atoms with Gasteiger partial charge < -0.3 is 4.43 Å². The van der Waals surface area contributed by atoms with Gasteiger partial charge >= 0.3 is 0 Å². The van der Waals surface area contributed by atoms with E-state index in [1.54, 1.807) is 0 Å². The molecule has 3 heteroatoms. The Balaban J connectivity index is 5.06. The predicted molar refractivity (Wildman–Crippen MR) is 80.0 cm³/mol. The van der Waals surface area contributed by atoms with Gasteiger partial charge in [0, 0.05) is 5.22 Å². The van der Waals surface area contributed by atoms with Gasteiger partial charge in [-0.2, -0.15) is 0 Å². The molecule has 0 aliphatic heterocycles. The van der Waals surface area contributed by atoms with E-state index in [0.29, 0.717) is 0 Å². The second-order valence-corrected chi connectivity index (χ2v) is 17.1. The minimum atomic E-state index is -1.68. The Morgan fingerprint density at radius 1 is 0.938 bits per heavy atom. The molecule has 0 heterocycles. The molecule has 0 saturated heterocycles. The summed E-state index contributed by atoms with van der Waals surface area (Å²) in [5.74, 6) is 0. The molecule has 96 valence electrons. The maximum absolute atomic E-state index is 6.57. The zero-order valence-corrected chi connectivity index (χ0v) is 14.7. The molecule has 0 spiro atoms. The average Bonchev–Trinajstić information content (AvgIpc) is 1.99. The first-order chi connectivity index (χ1) is 6.77. The Labute approximate surface area is 104 Å². The van der Waals surface area contributed by atoms with Crippen molar-refractivity contribution in [2.75, 3.05) is 0 Å². The minimum Gasteiger partial charge on any atom is -0.414 e. The summed E-state index contributed by atoms with van der Waals surface area (Å²) in [4.78, 5) is 0. The van der Waals surface area contributed by atoms with E-state index in [1.165, 1.54) is 0 Å². The monoisotopic (exact) mass is 258 g/mol. The van der Waals surface area contributed by atoms with Crippen LogP contribution in [0.5, 0.6) is 0 Å². The van der Waals surface area contributed by atoms with E-state index in [2.05, 4.69) is 73.1 Å². The van der Waals surface area contributed by atoms with Crippen molar-refractivity contribution in [1.29, 1.82) is 0 Å². The minimum absolute atomic E-state index is 0.0300. The standard InChI is InChI=1S/C13H30OSi2/c1-11-15(7,8)13(5,6)14-16(9,10)12(2,3)4/h11H,1H2,2-10H3. The SMILES string of the molecule is C=C[Si](C)(C)C(C)(C)O[Si](C)(C)C(C)(C)C. The molecule has 0 radical (unpaired) electrons. The molecular weight excluding hydrogens is 228 g/mol. The van der Waals surface area contributed by atoms with Crippen molar-refractivity contribution in [3.8, 4) is 0 Å². The zero-order chi connectivity index (χ0) is 13.4. The summed E-state index contributed by atoms with van der Waals surface area (Å²) in [6.45, 7) is 24.6. The Morgan fingerprint density at radius 2 is 1.31 bits per heavy atom. The lowest BCUT2D eigenvalue weighted by atomic mass is 10.2. The van der Waals surface area contributed by atoms with Crippen molar-refractivity contribution in [3.05, 3.63) is 12.3 Å². The van der Waals surface area contributed by atoms with Crippen molar-refractivity contribution >= 4 is 16.4 Å². The summed E-state index contributed by atoms with van der Waals surface area (Å²) in [7, 11) is -3.20. The van der Waals surface area contributed by atoms with E-state index in [1.807, 2.05) is 0 Å². The number of hydrogen-bond acceptors (Lipinski definition) is 1. The van der Waals surface area contributed by atoms with Gasteiger partial charge in [-0.1, -0.05) is 39.6 Å². The summed E-state index contributed by atoms with van der Waals surface area (Å²) >= 11 is 0. The van der Waals surface area contributed by atoms with Crippen molar-refractivity contribution in [1.82, 2.24) is 0 Å². The van der Waals surface area contributed by atoms with Crippen molar-refractivity contribution in [3.63, 3.8) is 0 Å². The highest BCUT2D eigenvalue weighted by Gasteiger charge is 2.46. The van der Waals surface area contributed by atoms with Crippen molar-refractivity contribution in [2.45, 2.75) is 71.1 Å². The van der Waals surface area contributed by atoms with Gasteiger partial charge in [-0.15, -0.1) is 6.58 Å². The second-order valence-electron chi connectivity index (χ2n) is 7.30. The zero-order valence-electron chi connectivity index (χ0n) is 12.7. The van der Waals surface area contributed by atoms with Crippen LogP contribution < -0.4 is 0 Å². The van der Waals surface area contributed by atoms with E-state index in [4.69, 9.17) is 4.43 Å². The van der Waals surface area contributed by atoms with Crippen LogP contribution in [0.15, 0.2) is 12.3 Å². The Bertz CT molecular complexity index is 260. The lowest BCUT2D eigenvalue weighted by Gasteiger charge is -2.47. The second kappa shape index (κ2) is 4.43. The van der Waals surface area contributed by atoms with Gasteiger partial charge in [0.05, 0.1) is 0 Å². The highest BCUT2D eigenvalue weighted by Crippen LogP contribution is 2.41. The average molecular weight is 259 g/mol. The van der Waals surface area contributed by atoms with Crippen LogP contribution in [0.1, 0.15) is 34.6 Å². The maximum Gasteiger partial charge on any atom is 0.192 e. The first kappa shape index (κ1) is 16.1. The maximum atomic E-state index is 6.57. The van der Waals surface area contributed by atoms with Crippen LogP contribution in [0.25, 0.3) is 0 Å². The van der Waals surface area contributed by atoms with Crippen molar-refractivity contribution < 1.29 is 4.43 Å². The highest BCUT2D eigenvalue weighted by atomic mass is 28.4. The summed E-state index contributed by atoms with van der Waals surface area (Å²) in [5.41, 5.74) is 2.14. The molecule has 0 aromatic heterocycles. The molecule has 0 fully saturated rings. The Morgan fingerprint density at radius 3 is 1.56 bits per heavy atom. The van der Waals surface area contributed by atoms with Gasteiger partial charge in [0.1, 0.15) is 8.07 Å². The molecule has 1 nitrogen and oxygen atoms in total. The molecule has 16 heavy (non-hydrogen) atoms. The first-order valence-corrected chi connectivity index (χ1v) is 12.1. The highest BCUT2D eigenvalue weighted by molar-refractivity contribution is 6.86. The van der Waals surface area contributed by atoms with Crippen LogP contribution in [0.2, 0.25) is 31.2 Å². The van der Waals surface area contributed by atoms with E-state index in [-0.39, 0.29) is 10.3 Å². The van der Waals surface area contributed by atoms with Gasteiger partial charge in [0.15, 0.2) is 8.32 Å². The molecule has 0 amide bonds. The third-order valence-electron chi connectivity index (χ3n) is 4.38. The smallest absolute Gasteiger partial charge is 0.192 e. The predicted octanol–water partition coefficient (Wildman–Crippen LogP) is 4.76. The van der Waals surface area contributed by atoms with Crippen LogP contribution in [0, 0.1) is 0 Å². The van der Waals surface area contributed by atoms with Crippen LogP contribution >= 0.6 is 0 Å². The Kier molecular flexibility index (Phi) is 4.46. The fraction of sp³-hybridized carbons (Fsp3) is 0.846. The van der Waals surface area contributed by atoms with Crippen LogP contribution in [0.3, 0.4) is 0 Å². The molecule has 0 aromatic rings. The van der Waals surface area contributed by atoms with E-state index >= 15 is 0 Å². The third kappa shape index (κ3) is 3.31. The number of rotatable bonds is 4. The molecule has 0 aliphatic carbocycles. The quantitative estimate of drug-likeness (QED) is 0.661.